The van der Waals surface area contributed by atoms with Gasteiger partial charge < -0.3 is 0 Å². The minimum atomic E-state index is -3.16. The van der Waals surface area contributed by atoms with Crippen LogP contribution in [0.15, 0.2) is 12.4 Å². The highest BCUT2D eigenvalue weighted by molar-refractivity contribution is 7.92. The van der Waals surface area contributed by atoms with Crippen molar-refractivity contribution in [2.75, 3.05) is 17.6 Å². The Morgan fingerprint density at radius 2 is 2.17 bits per heavy atom. The van der Waals surface area contributed by atoms with E-state index in [1.165, 1.54) is 17.5 Å². The van der Waals surface area contributed by atoms with Crippen LogP contribution in [-0.2, 0) is 17.1 Å². The van der Waals surface area contributed by atoms with Gasteiger partial charge in [0.2, 0.25) is 10.0 Å². The van der Waals surface area contributed by atoms with Crippen LogP contribution in [0.5, 0.6) is 0 Å². The van der Waals surface area contributed by atoms with E-state index >= 15 is 0 Å². The van der Waals surface area contributed by atoms with Crippen molar-refractivity contribution in [2.24, 2.45) is 7.05 Å². The molecule has 0 aliphatic carbocycles. The molecule has 0 radical (unpaired) electrons. The van der Waals surface area contributed by atoms with Gasteiger partial charge in [-0.3, -0.25) is 8.99 Å². The zero-order chi connectivity index (χ0) is 9.35. The Hall–Kier alpha value is -1.04. The van der Waals surface area contributed by atoms with Crippen LogP contribution in [0.25, 0.3) is 0 Å². The summed E-state index contributed by atoms with van der Waals surface area (Å²) in [4.78, 5) is 0. The molecule has 0 aliphatic rings. The zero-order valence-electron chi connectivity index (χ0n) is 7.22. The summed E-state index contributed by atoms with van der Waals surface area (Å²) in [6.45, 7) is 0. The highest BCUT2D eigenvalue weighted by Crippen LogP contribution is 2.12. The van der Waals surface area contributed by atoms with Gasteiger partial charge in [-0.05, 0) is 0 Å². The number of anilines is 1. The van der Waals surface area contributed by atoms with E-state index in [0.717, 1.165) is 6.26 Å². The second-order valence-electron chi connectivity index (χ2n) is 2.60. The first-order valence-electron chi connectivity index (χ1n) is 3.34. The minimum absolute atomic E-state index is 0.569. The van der Waals surface area contributed by atoms with Crippen LogP contribution in [0.3, 0.4) is 0 Å². The molecule has 0 N–H and O–H groups in total. The minimum Gasteiger partial charge on any atom is -0.274 e. The molecule has 68 valence electrons. The fourth-order valence-electron chi connectivity index (χ4n) is 0.762. The molecule has 0 aromatic carbocycles. The standard InChI is InChI=1S/C6H11N3O2S/c1-8-5-6(4-7-8)9(2)12(3,10)11/h4-5H,1-3H3. The maximum Gasteiger partial charge on any atom is 0.232 e. The van der Waals surface area contributed by atoms with Crippen molar-refractivity contribution in [1.29, 1.82) is 0 Å². The Bertz CT molecular complexity index is 368. The first-order valence-corrected chi connectivity index (χ1v) is 5.18. The first kappa shape index (κ1) is 9.05. The number of aryl methyl sites for hydroxylation is 1. The maximum atomic E-state index is 11.0. The Kier molecular flexibility index (Phi) is 2.10. The highest BCUT2D eigenvalue weighted by Gasteiger charge is 2.12. The fraction of sp³-hybridized carbons (Fsp3) is 0.500. The molecular weight excluding hydrogens is 178 g/mol. The van der Waals surface area contributed by atoms with Gasteiger partial charge in [0, 0.05) is 20.3 Å². The summed E-state index contributed by atoms with van der Waals surface area (Å²) >= 11 is 0. The summed E-state index contributed by atoms with van der Waals surface area (Å²) in [7, 11) is 0.0656. The number of aromatic nitrogens is 2. The molecule has 0 aliphatic heterocycles. The summed E-state index contributed by atoms with van der Waals surface area (Å²) in [5.74, 6) is 0. The lowest BCUT2D eigenvalue weighted by Gasteiger charge is -2.12. The monoisotopic (exact) mass is 189 g/mol. The van der Waals surface area contributed by atoms with E-state index in [9.17, 15) is 8.42 Å². The Labute approximate surface area is 71.7 Å². The number of sulfonamides is 1. The van der Waals surface area contributed by atoms with Crippen LogP contribution < -0.4 is 4.31 Å². The van der Waals surface area contributed by atoms with Crippen molar-refractivity contribution in [3.8, 4) is 0 Å². The normalized spacial score (nSPS) is 11.6. The van der Waals surface area contributed by atoms with Crippen molar-refractivity contribution in [3.63, 3.8) is 0 Å². The van der Waals surface area contributed by atoms with Crippen LogP contribution >= 0.6 is 0 Å². The molecule has 6 heteroatoms. The molecule has 1 aromatic heterocycles. The van der Waals surface area contributed by atoms with E-state index in [4.69, 9.17) is 0 Å². The van der Waals surface area contributed by atoms with E-state index in [1.54, 1.807) is 17.9 Å². The molecule has 1 aromatic rings. The average molecular weight is 189 g/mol. The lowest BCUT2D eigenvalue weighted by Crippen LogP contribution is -2.24. The second kappa shape index (κ2) is 2.78. The van der Waals surface area contributed by atoms with Crippen LogP contribution in [-0.4, -0.2) is 31.5 Å². The molecule has 12 heavy (non-hydrogen) atoms. The average Bonchev–Trinajstić information content (AvgIpc) is 2.32. The van der Waals surface area contributed by atoms with E-state index in [2.05, 4.69) is 5.10 Å². The third-order valence-electron chi connectivity index (χ3n) is 1.55. The Balaban J connectivity index is 3.01. The smallest absolute Gasteiger partial charge is 0.232 e. The van der Waals surface area contributed by atoms with Crippen molar-refractivity contribution in [2.45, 2.75) is 0 Å². The molecule has 0 atom stereocenters. The Morgan fingerprint density at radius 1 is 1.58 bits per heavy atom. The van der Waals surface area contributed by atoms with Crippen LogP contribution in [0.1, 0.15) is 0 Å². The van der Waals surface area contributed by atoms with Gasteiger partial charge in [0.15, 0.2) is 0 Å². The van der Waals surface area contributed by atoms with Crippen LogP contribution in [0.4, 0.5) is 5.69 Å². The third kappa shape index (κ3) is 1.76. The van der Waals surface area contributed by atoms with E-state index in [-0.39, 0.29) is 0 Å². The molecule has 0 amide bonds. The van der Waals surface area contributed by atoms with Crippen LogP contribution in [0.2, 0.25) is 0 Å². The first-order chi connectivity index (χ1) is 5.41. The van der Waals surface area contributed by atoms with Gasteiger partial charge in [-0.15, -0.1) is 0 Å². The highest BCUT2D eigenvalue weighted by atomic mass is 32.2. The summed E-state index contributed by atoms with van der Waals surface area (Å²) < 4.78 is 24.8. The SMILES string of the molecule is CN(c1cnn(C)c1)S(C)(=O)=O. The van der Waals surface area contributed by atoms with Crippen LogP contribution in [0, 0.1) is 0 Å². The predicted molar refractivity (Wildman–Crippen MR) is 46.5 cm³/mol. The molecule has 0 saturated heterocycles. The second-order valence-corrected chi connectivity index (χ2v) is 4.62. The number of rotatable bonds is 2. The van der Waals surface area contributed by atoms with Crippen molar-refractivity contribution < 1.29 is 8.42 Å². The molecule has 0 unspecified atom stereocenters. The van der Waals surface area contributed by atoms with Gasteiger partial charge in [-0.2, -0.15) is 5.10 Å². The number of hydrogen-bond acceptors (Lipinski definition) is 3. The van der Waals surface area contributed by atoms with Gasteiger partial charge in [0.1, 0.15) is 0 Å². The Morgan fingerprint density at radius 3 is 2.50 bits per heavy atom. The van der Waals surface area contributed by atoms with Crippen molar-refractivity contribution in [1.82, 2.24) is 9.78 Å². The predicted octanol–water partition coefficient (Wildman–Crippen LogP) is -0.184. The fourth-order valence-corrected chi connectivity index (χ4v) is 1.24. The molecule has 1 rings (SSSR count). The molecule has 0 bridgehead atoms. The van der Waals surface area contributed by atoms with Gasteiger partial charge >= 0.3 is 0 Å². The largest absolute Gasteiger partial charge is 0.274 e. The van der Waals surface area contributed by atoms with E-state index in [1.807, 2.05) is 0 Å². The molecular formula is C6H11N3O2S. The van der Waals surface area contributed by atoms with Gasteiger partial charge in [-0.1, -0.05) is 0 Å². The molecule has 0 fully saturated rings. The van der Waals surface area contributed by atoms with Crippen molar-refractivity contribution in [3.05, 3.63) is 12.4 Å². The summed E-state index contributed by atoms with van der Waals surface area (Å²) in [5, 5.41) is 3.86. The van der Waals surface area contributed by atoms with Gasteiger partial charge in [0.05, 0.1) is 18.1 Å². The number of hydrogen-bond donors (Lipinski definition) is 0. The maximum absolute atomic E-state index is 11.0. The quantitative estimate of drug-likeness (QED) is 0.648. The number of nitrogens with zero attached hydrogens (tertiary/aromatic N) is 3. The van der Waals surface area contributed by atoms with Gasteiger partial charge in [0.25, 0.3) is 0 Å². The summed E-state index contributed by atoms with van der Waals surface area (Å²) in [5.41, 5.74) is 0.569. The molecule has 0 spiro atoms. The molecule has 1 heterocycles. The van der Waals surface area contributed by atoms with E-state index in [0.29, 0.717) is 5.69 Å². The zero-order valence-corrected chi connectivity index (χ0v) is 8.04. The lowest BCUT2D eigenvalue weighted by atomic mass is 10.6. The van der Waals surface area contributed by atoms with Gasteiger partial charge in [-0.25, -0.2) is 8.42 Å². The topological polar surface area (TPSA) is 55.2 Å². The van der Waals surface area contributed by atoms with Crippen molar-refractivity contribution >= 4 is 15.7 Å². The van der Waals surface area contributed by atoms with E-state index < -0.39 is 10.0 Å². The lowest BCUT2D eigenvalue weighted by molar-refractivity contribution is 0.600. The summed E-state index contributed by atoms with van der Waals surface area (Å²) in [6, 6.07) is 0. The third-order valence-corrected chi connectivity index (χ3v) is 2.76. The summed E-state index contributed by atoms with van der Waals surface area (Å²) in [6.07, 6.45) is 4.29. The molecule has 0 saturated carbocycles. The molecule has 5 nitrogen and oxygen atoms in total.